The lowest BCUT2D eigenvalue weighted by molar-refractivity contribution is 0.102. The van der Waals surface area contributed by atoms with Crippen LogP contribution < -0.4 is 14.8 Å². The molecule has 1 heterocycles. The van der Waals surface area contributed by atoms with Crippen molar-refractivity contribution in [2.24, 2.45) is 0 Å². The Morgan fingerprint density at radius 2 is 2.05 bits per heavy atom. The van der Waals surface area contributed by atoms with Crippen molar-refractivity contribution >= 4 is 11.6 Å². The van der Waals surface area contributed by atoms with Crippen molar-refractivity contribution < 1.29 is 14.3 Å². The number of ether oxygens (including phenoxy) is 2. The van der Waals surface area contributed by atoms with Crippen LogP contribution in [0, 0.1) is 0 Å². The van der Waals surface area contributed by atoms with Crippen LogP contribution in [0.5, 0.6) is 11.5 Å². The largest absolute Gasteiger partial charge is 0.497 e. The summed E-state index contributed by atoms with van der Waals surface area (Å²) in [5, 5.41) is 2.85. The predicted molar refractivity (Wildman–Crippen MR) is 71.7 cm³/mol. The molecule has 1 amide bonds. The minimum atomic E-state index is -0.120. The molecule has 2 aromatic carbocycles. The van der Waals surface area contributed by atoms with Crippen LogP contribution in [0.15, 0.2) is 42.5 Å². The number of hydrogen-bond donors (Lipinski definition) is 1. The van der Waals surface area contributed by atoms with Crippen molar-refractivity contribution in [1.29, 1.82) is 0 Å². The van der Waals surface area contributed by atoms with Gasteiger partial charge in [-0.3, -0.25) is 4.79 Å². The molecule has 4 nitrogen and oxygen atoms in total. The molecular weight excluding hydrogens is 242 g/mol. The van der Waals surface area contributed by atoms with Gasteiger partial charge in [-0.25, -0.2) is 0 Å². The summed E-state index contributed by atoms with van der Waals surface area (Å²) in [6.07, 6.45) is 0. The summed E-state index contributed by atoms with van der Waals surface area (Å²) in [6, 6.07) is 12.8. The second kappa shape index (κ2) is 4.65. The van der Waals surface area contributed by atoms with Crippen LogP contribution in [0.2, 0.25) is 0 Å². The molecule has 1 N–H and O–H groups in total. The van der Waals surface area contributed by atoms with Crippen molar-refractivity contribution in [2.75, 3.05) is 12.4 Å². The third-order valence-corrected chi connectivity index (χ3v) is 3.08. The number of rotatable bonds is 1. The molecular formula is C15H13NO3. The molecule has 0 aromatic heterocycles. The molecule has 0 aliphatic carbocycles. The average Bonchev–Trinajstić information content (AvgIpc) is 2.44. The lowest BCUT2D eigenvalue weighted by Gasteiger charge is -2.18. The number of nitrogens with one attached hydrogen (secondary N) is 1. The molecule has 0 fully saturated rings. The van der Waals surface area contributed by atoms with Crippen LogP contribution in [0.3, 0.4) is 0 Å². The van der Waals surface area contributed by atoms with Gasteiger partial charge in [0.1, 0.15) is 18.1 Å². The van der Waals surface area contributed by atoms with Gasteiger partial charge in [-0.15, -0.1) is 0 Å². The third-order valence-electron chi connectivity index (χ3n) is 3.08. The molecule has 3 rings (SSSR count). The molecule has 0 unspecified atom stereocenters. The minimum absolute atomic E-state index is 0.120. The van der Waals surface area contributed by atoms with Crippen LogP contribution >= 0.6 is 0 Å². The van der Waals surface area contributed by atoms with Crippen molar-refractivity contribution in [2.45, 2.75) is 6.61 Å². The summed E-state index contributed by atoms with van der Waals surface area (Å²) in [5.74, 6) is 1.19. The van der Waals surface area contributed by atoms with E-state index in [1.165, 1.54) is 0 Å². The van der Waals surface area contributed by atoms with Crippen molar-refractivity contribution in [3.63, 3.8) is 0 Å². The maximum atomic E-state index is 12.2. The van der Waals surface area contributed by atoms with Gasteiger partial charge in [-0.1, -0.05) is 18.2 Å². The van der Waals surface area contributed by atoms with E-state index in [-0.39, 0.29) is 5.91 Å². The summed E-state index contributed by atoms with van der Waals surface area (Å²) in [4.78, 5) is 12.2. The first-order valence-corrected chi connectivity index (χ1v) is 5.98. The molecule has 0 saturated carbocycles. The van der Waals surface area contributed by atoms with Gasteiger partial charge in [-0.2, -0.15) is 0 Å². The molecule has 1 aliphatic rings. The first kappa shape index (κ1) is 11.6. The molecule has 0 radical (unpaired) electrons. The van der Waals surface area contributed by atoms with E-state index < -0.39 is 0 Å². The van der Waals surface area contributed by atoms with E-state index in [1.807, 2.05) is 18.2 Å². The third kappa shape index (κ3) is 2.12. The number of benzene rings is 2. The molecule has 0 bridgehead atoms. The van der Waals surface area contributed by atoms with Crippen molar-refractivity contribution in [3.8, 4) is 11.5 Å². The van der Waals surface area contributed by atoms with Gasteiger partial charge in [0, 0.05) is 17.2 Å². The average molecular weight is 255 g/mol. The molecule has 0 atom stereocenters. The highest BCUT2D eigenvalue weighted by molar-refractivity contribution is 6.06. The molecule has 0 saturated heterocycles. The van der Waals surface area contributed by atoms with Gasteiger partial charge in [-0.05, 0) is 18.2 Å². The Hall–Kier alpha value is -2.49. The molecule has 0 spiro atoms. The molecule has 1 aliphatic heterocycles. The van der Waals surface area contributed by atoms with E-state index in [0.717, 1.165) is 5.56 Å². The number of carbonyl (C=O) groups excluding carboxylic acids is 1. The SMILES string of the molecule is COc1ccc2c(c1)OCc1ccccc1C(=O)N2. The van der Waals surface area contributed by atoms with E-state index in [4.69, 9.17) is 9.47 Å². The summed E-state index contributed by atoms with van der Waals surface area (Å²) in [6.45, 7) is 0.365. The zero-order valence-electron chi connectivity index (χ0n) is 10.5. The van der Waals surface area contributed by atoms with Gasteiger partial charge < -0.3 is 14.8 Å². The Morgan fingerprint density at radius 1 is 1.21 bits per heavy atom. The maximum absolute atomic E-state index is 12.2. The Balaban J connectivity index is 2.02. The summed E-state index contributed by atoms with van der Waals surface area (Å²) in [5.41, 5.74) is 2.16. The van der Waals surface area contributed by atoms with Crippen molar-refractivity contribution in [1.82, 2.24) is 0 Å². The highest BCUT2D eigenvalue weighted by Crippen LogP contribution is 2.32. The normalized spacial score (nSPS) is 13.2. The van der Waals surface area contributed by atoms with E-state index in [2.05, 4.69) is 5.32 Å². The van der Waals surface area contributed by atoms with Crippen LogP contribution in [0.4, 0.5) is 5.69 Å². The van der Waals surface area contributed by atoms with E-state index >= 15 is 0 Å². The lowest BCUT2D eigenvalue weighted by atomic mass is 10.1. The van der Waals surface area contributed by atoms with Crippen LogP contribution in [0.25, 0.3) is 0 Å². The molecule has 4 heteroatoms. The number of fused-ring (bicyclic) bond motifs is 2. The van der Waals surface area contributed by atoms with Gasteiger partial charge in [0.15, 0.2) is 0 Å². The Bertz CT molecular complexity index is 637. The fraction of sp³-hybridized carbons (Fsp3) is 0.133. The quantitative estimate of drug-likeness (QED) is 0.852. The summed E-state index contributed by atoms with van der Waals surface area (Å²) < 4.78 is 10.9. The van der Waals surface area contributed by atoms with Crippen LogP contribution in [-0.4, -0.2) is 13.0 Å². The fourth-order valence-corrected chi connectivity index (χ4v) is 2.07. The smallest absolute Gasteiger partial charge is 0.256 e. The Labute approximate surface area is 111 Å². The number of hydrogen-bond acceptors (Lipinski definition) is 3. The first-order chi connectivity index (χ1) is 9.28. The number of methoxy groups -OCH3 is 1. The second-order valence-corrected chi connectivity index (χ2v) is 4.26. The number of carbonyl (C=O) groups is 1. The summed E-state index contributed by atoms with van der Waals surface area (Å²) in [7, 11) is 1.60. The first-order valence-electron chi connectivity index (χ1n) is 5.98. The van der Waals surface area contributed by atoms with E-state index in [9.17, 15) is 4.79 Å². The van der Waals surface area contributed by atoms with E-state index in [1.54, 1.807) is 31.4 Å². The zero-order chi connectivity index (χ0) is 13.2. The molecule has 2 aromatic rings. The van der Waals surface area contributed by atoms with Gasteiger partial charge >= 0.3 is 0 Å². The highest BCUT2D eigenvalue weighted by atomic mass is 16.5. The topological polar surface area (TPSA) is 47.6 Å². The van der Waals surface area contributed by atoms with Crippen molar-refractivity contribution in [3.05, 3.63) is 53.6 Å². The van der Waals surface area contributed by atoms with Crippen LogP contribution in [-0.2, 0) is 6.61 Å². The van der Waals surface area contributed by atoms with Crippen LogP contribution in [0.1, 0.15) is 15.9 Å². The molecule has 96 valence electrons. The summed E-state index contributed by atoms with van der Waals surface area (Å²) >= 11 is 0. The second-order valence-electron chi connectivity index (χ2n) is 4.26. The lowest BCUT2D eigenvalue weighted by Crippen LogP contribution is -2.18. The maximum Gasteiger partial charge on any atom is 0.256 e. The Morgan fingerprint density at radius 3 is 2.89 bits per heavy atom. The fourth-order valence-electron chi connectivity index (χ4n) is 2.07. The zero-order valence-corrected chi connectivity index (χ0v) is 10.5. The monoisotopic (exact) mass is 255 g/mol. The van der Waals surface area contributed by atoms with Gasteiger partial charge in [0.05, 0.1) is 12.8 Å². The van der Waals surface area contributed by atoms with Gasteiger partial charge in [0.25, 0.3) is 5.91 Å². The van der Waals surface area contributed by atoms with Gasteiger partial charge in [0.2, 0.25) is 0 Å². The standard InChI is InChI=1S/C15H13NO3/c1-18-11-6-7-13-14(8-11)19-9-10-4-2-3-5-12(10)15(17)16-13/h2-8H,9H2,1H3,(H,16,17). The molecule has 19 heavy (non-hydrogen) atoms. The Kier molecular flexibility index (Phi) is 2.83. The minimum Gasteiger partial charge on any atom is -0.497 e. The highest BCUT2D eigenvalue weighted by Gasteiger charge is 2.17. The predicted octanol–water partition coefficient (Wildman–Crippen LogP) is 2.84. The number of anilines is 1. The van der Waals surface area contributed by atoms with E-state index in [0.29, 0.717) is 29.4 Å². The number of amides is 1.